The lowest BCUT2D eigenvalue weighted by Crippen LogP contribution is -2.27. The van der Waals surface area contributed by atoms with E-state index in [0.717, 1.165) is 16.7 Å². The van der Waals surface area contributed by atoms with Gasteiger partial charge >= 0.3 is 6.18 Å². The fourth-order valence-electron chi connectivity index (χ4n) is 2.62. The van der Waals surface area contributed by atoms with Gasteiger partial charge in [-0.3, -0.25) is 4.79 Å². The molecule has 0 bridgehead atoms. The Morgan fingerprint density at radius 2 is 1.77 bits per heavy atom. The third kappa shape index (κ3) is 5.88. The van der Waals surface area contributed by atoms with Gasteiger partial charge in [0.25, 0.3) is 5.91 Å². The van der Waals surface area contributed by atoms with Crippen LogP contribution in [-0.2, 0) is 11.3 Å². The number of hydrogen-bond donors (Lipinski definition) is 1. The lowest BCUT2D eigenvalue weighted by molar-refractivity contribution is -0.176. The van der Waals surface area contributed by atoms with Gasteiger partial charge < -0.3 is 10.1 Å². The van der Waals surface area contributed by atoms with Crippen LogP contribution in [0.15, 0.2) is 42.5 Å². The molecule has 3 nitrogen and oxygen atoms in total. The van der Waals surface area contributed by atoms with E-state index in [1.54, 1.807) is 24.3 Å². The number of rotatable bonds is 6. The molecule has 0 aliphatic carbocycles. The molecule has 0 aliphatic rings. The summed E-state index contributed by atoms with van der Waals surface area (Å²) in [6.45, 7) is 4.46. The number of amides is 1. The maximum absolute atomic E-state index is 12.4. The van der Waals surface area contributed by atoms with Crippen LogP contribution in [0.3, 0.4) is 0 Å². The minimum absolute atomic E-state index is 0.152. The second kappa shape index (κ2) is 8.36. The summed E-state index contributed by atoms with van der Waals surface area (Å²) >= 11 is 0. The van der Waals surface area contributed by atoms with E-state index in [2.05, 4.69) is 10.1 Å². The van der Waals surface area contributed by atoms with Gasteiger partial charge in [0.1, 0.15) is 6.61 Å². The molecular weight excluding hydrogens is 343 g/mol. The first-order valence-corrected chi connectivity index (χ1v) is 8.27. The van der Waals surface area contributed by atoms with Gasteiger partial charge in [0.15, 0.2) is 0 Å². The zero-order valence-electron chi connectivity index (χ0n) is 15.0. The monoisotopic (exact) mass is 365 g/mol. The summed E-state index contributed by atoms with van der Waals surface area (Å²) in [6, 6.07) is 12.3. The van der Waals surface area contributed by atoms with Crippen molar-refractivity contribution in [3.63, 3.8) is 0 Å². The summed E-state index contributed by atoms with van der Waals surface area (Å²) in [6.07, 6.45) is -4.34. The average molecular weight is 365 g/mol. The molecular formula is C20H22F3NO2. The van der Waals surface area contributed by atoms with E-state index in [0.29, 0.717) is 11.1 Å². The van der Waals surface area contributed by atoms with Gasteiger partial charge in [-0.15, -0.1) is 0 Å². The molecule has 0 spiro atoms. The molecule has 0 saturated carbocycles. The number of nitrogens with one attached hydrogen (secondary N) is 1. The molecule has 2 aromatic carbocycles. The third-order valence-corrected chi connectivity index (χ3v) is 4.00. The van der Waals surface area contributed by atoms with Crippen molar-refractivity contribution >= 4 is 5.91 Å². The van der Waals surface area contributed by atoms with Gasteiger partial charge in [-0.05, 0) is 49.6 Å². The van der Waals surface area contributed by atoms with Gasteiger partial charge in [-0.25, -0.2) is 0 Å². The highest BCUT2D eigenvalue weighted by Gasteiger charge is 2.27. The first-order valence-electron chi connectivity index (χ1n) is 8.27. The van der Waals surface area contributed by atoms with Crippen LogP contribution in [0.25, 0.3) is 0 Å². The summed E-state index contributed by atoms with van der Waals surface area (Å²) in [4.78, 5) is 12.4. The number of carbonyl (C=O) groups is 1. The number of carbonyl (C=O) groups excluding carboxylic acids is 1. The van der Waals surface area contributed by atoms with E-state index in [-0.39, 0.29) is 18.6 Å². The highest BCUT2D eigenvalue weighted by molar-refractivity contribution is 5.94. The molecule has 0 aromatic heterocycles. The predicted octanol–water partition coefficient (Wildman–Crippen LogP) is 4.87. The fourth-order valence-corrected chi connectivity index (χ4v) is 2.62. The number of ether oxygens (including phenoxy) is 1. The van der Waals surface area contributed by atoms with Gasteiger partial charge in [0.05, 0.1) is 12.6 Å². The highest BCUT2D eigenvalue weighted by atomic mass is 19.4. The van der Waals surface area contributed by atoms with Crippen LogP contribution in [0.5, 0.6) is 0 Å². The quantitative estimate of drug-likeness (QED) is 0.793. The molecule has 6 heteroatoms. The number of benzene rings is 2. The summed E-state index contributed by atoms with van der Waals surface area (Å²) in [5, 5.41) is 2.94. The molecule has 0 radical (unpaired) electrons. The summed E-state index contributed by atoms with van der Waals surface area (Å²) in [5.74, 6) is -0.235. The van der Waals surface area contributed by atoms with Crippen molar-refractivity contribution in [2.45, 2.75) is 39.6 Å². The van der Waals surface area contributed by atoms with Crippen molar-refractivity contribution in [3.8, 4) is 0 Å². The van der Waals surface area contributed by atoms with E-state index in [9.17, 15) is 18.0 Å². The number of aryl methyl sites for hydroxylation is 2. The van der Waals surface area contributed by atoms with Gasteiger partial charge in [-0.2, -0.15) is 13.2 Å². The van der Waals surface area contributed by atoms with Crippen LogP contribution in [0, 0.1) is 13.8 Å². The molecule has 1 amide bonds. The molecule has 1 N–H and O–H groups in total. The molecule has 2 aromatic rings. The van der Waals surface area contributed by atoms with Crippen molar-refractivity contribution in [2.75, 3.05) is 6.61 Å². The second-order valence-electron chi connectivity index (χ2n) is 6.36. The number of hydrogen-bond acceptors (Lipinski definition) is 2. The van der Waals surface area contributed by atoms with E-state index in [1.807, 2.05) is 39.0 Å². The smallest absolute Gasteiger partial charge is 0.367 e. The molecule has 1 atom stereocenters. The molecule has 0 heterocycles. The molecule has 2 rings (SSSR count). The van der Waals surface area contributed by atoms with Crippen molar-refractivity contribution < 1.29 is 22.7 Å². The molecule has 0 fully saturated rings. The number of halogens is 3. The normalized spacial score (nSPS) is 12.7. The van der Waals surface area contributed by atoms with Crippen LogP contribution in [0.2, 0.25) is 0 Å². The maximum atomic E-state index is 12.4. The van der Waals surface area contributed by atoms with E-state index < -0.39 is 12.8 Å². The van der Waals surface area contributed by atoms with Crippen molar-refractivity contribution in [3.05, 3.63) is 70.3 Å². The first-order chi connectivity index (χ1) is 12.2. The Morgan fingerprint density at radius 3 is 2.38 bits per heavy atom. The predicted molar refractivity (Wildman–Crippen MR) is 94.0 cm³/mol. The van der Waals surface area contributed by atoms with Crippen molar-refractivity contribution in [2.24, 2.45) is 0 Å². The summed E-state index contributed by atoms with van der Waals surface area (Å²) in [5.41, 5.74) is 4.29. The van der Waals surface area contributed by atoms with Crippen LogP contribution in [0.4, 0.5) is 13.2 Å². The lowest BCUT2D eigenvalue weighted by atomic mass is 9.99. The Morgan fingerprint density at radius 1 is 1.12 bits per heavy atom. The van der Waals surface area contributed by atoms with Crippen LogP contribution in [0.1, 0.15) is 45.6 Å². The zero-order chi connectivity index (χ0) is 19.3. The SMILES string of the molecule is Cc1ccc(C)c(C(C)NC(=O)c2ccc(COCC(F)(F)F)cc2)c1. The zero-order valence-corrected chi connectivity index (χ0v) is 15.0. The average Bonchev–Trinajstić information content (AvgIpc) is 2.56. The summed E-state index contributed by atoms with van der Waals surface area (Å²) < 4.78 is 40.8. The van der Waals surface area contributed by atoms with Crippen LogP contribution >= 0.6 is 0 Å². The molecule has 0 saturated heterocycles. The lowest BCUT2D eigenvalue weighted by Gasteiger charge is -2.17. The first kappa shape index (κ1) is 20.0. The number of alkyl halides is 3. The Bertz CT molecular complexity index is 755. The van der Waals surface area contributed by atoms with E-state index in [1.165, 1.54) is 0 Å². The third-order valence-electron chi connectivity index (χ3n) is 4.00. The second-order valence-corrected chi connectivity index (χ2v) is 6.36. The van der Waals surface area contributed by atoms with Crippen molar-refractivity contribution in [1.82, 2.24) is 5.32 Å². The van der Waals surface area contributed by atoms with Crippen LogP contribution < -0.4 is 5.32 Å². The molecule has 140 valence electrons. The topological polar surface area (TPSA) is 38.3 Å². The maximum Gasteiger partial charge on any atom is 0.411 e. The van der Waals surface area contributed by atoms with Gasteiger partial charge in [0, 0.05) is 5.56 Å². The van der Waals surface area contributed by atoms with E-state index >= 15 is 0 Å². The molecule has 1 unspecified atom stereocenters. The minimum Gasteiger partial charge on any atom is -0.367 e. The molecule has 0 aliphatic heterocycles. The van der Waals surface area contributed by atoms with Gasteiger partial charge in [-0.1, -0.05) is 35.9 Å². The Kier molecular flexibility index (Phi) is 6.42. The standard InChI is InChI=1S/C20H22F3NO2/c1-13-4-5-14(2)18(10-13)15(3)24-19(25)17-8-6-16(7-9-17)11-26-12-20(21,22)23/h4-10,15H,11-12H2,1-3H3,(H,24,25). The van der Waals surface area contributed by atoms with Crippen molar-refractivity contribution in [1.29, 1.82) is 0 Å². The van der Waals surface area contributed by atoms with Gasteiger partial charge in [0.2, 0.25) is 0 Å². The van der Waals surface area contributed by atoms with E-state index in [4.69, 9.17) is 0 Å². The molecule has 26 heavy (non-hydrogen) atoms. The summed E-state index contributed by atoms with van der Waals surface area (Å²) in [7, 11) is 0. The largest absolute Gasteiger partial charge is 0.411 e. The highest BCUT2D eigenvalue weighted by Crippen LogP contribution is 2.20. The Balaban J connectivity index is 1.96. The fraction of sp³-hybridized carbons (Fsp3) is 0.350. The van der Waals surface area contributed by atoms with Crippen LogP contribution in [-0.4, -0.2) is 18.7 Å². The minimum atomic E-state index is -4.34. The Hall–Kier alpha value is -2.34. The Labute approximate surface area is 151 Å².